The molecular weight excluding hydrogens is 222 g/mol. The fourth-order valence-electron chi connectivity index (χ4n) is 3.93. The molecule has 18 heavy (non-hydrogen) atoms. The molecule has 2 aliphatic heterocycles. The highest BCUT2D eigenvalue weighted by atomic mass is 15.1. The maximum atomic E-state index is 3.51. The SMILES string of the molecule is CN(C)CC(C1CCNCC1)C1CCCN(C)C1. The van der Waals surface area contributed by atoms with Crippen molar-refractivity contribution in [3.63, 3.8) is 0 Å². The van der Waals surface area contributed by atoms with Gasteiger partial charge in [0.2, 0.25) is 0 Å². The molecular formula is C15H31N3. The standard InChI is InChI=1S/C15H31N3/c1-17(2)12-15(13-6-8-16-9-7-13)14-5-4-10-18(3)11-14/h13-16H,4-12H2,1-3H3. The molecule has 0 aromatic rings. The van der Waals surface area contributed by atoms with Crippen LogP contribution in [0.15, 0.2) is 0 Å². The van der Waals surface area contributed by atoms with Gasteiger partial charge in [0.15, 0.2) is 0 Å². The monoisotopic (exact) mass is 253 g/mol. The number of likely N-dealkylation sites (tertiary alicyclic amines) is 1. The number of hydrogen-bond acceptors (Lipinski definition) is 3. The summed E-state index contributed by atoms with van der Waals surface area (Å²) in [5.41, 5.74) is 0. The summed E-state index contributed by atoms with van der Waals surface area (Å²) in [6.07, 6.45) is 5.63. The van der Waals surface area contributed by atoms with E-state index in [9.17, 15) is 0 Å². The number of nitrogens with zero attached hydrogens (tertiary/aromatic N) is 2. The van der Waals surface area contributed by atoms with Gasteiger partial charge in [-0.3, -0.25) is 0 Å². The van der Waals surface area contributed by atoms with Crippen molar-refractivity contribution in [2.75, 3.05) is 53.9 Å². The number of rotatable bonds is 4. The molecule has 0 spiro atoms. The van der Waals surface area contributed by atoms with Gasteiger partial charge in [-0.05, 0) is 84.2 Å². The van der Waals surface area contributed by atoms with Crippen LogP contribution in [0.5, 0.6) is 0 Å². The van der Waals surface area contributed by atoms with Crippen LogP contribution in [0, 0.1) is 17.8 Å². The predicted octanol–water partition coefficient (Wildman–Crippen LogP) is 1.51. The molecule has 0 bridgehead atoms. The molecule has 0 saturated carbocycles. The number of piperidine rings is 2. The Labute approximate surface area is 113 Å². The molecule has 1 N–H and O–H groups in total. The first kappa shape index (κ1) is 14.3. The first-order valence-electron chi connectivity index (χ1n) is 7.71. The topological polar surface area (TPSA) is 18.5 Å². The second-order valence-electron chi connectivity index (χ2n) is 6.68. The normalized spacial score (nSPS) is 29.7. The summed E-state index contributed by atoms with van der Waals surface area (Å²) in [5.74, 6) is 2.78. The van der Waals surface area contributed by atoms with E-state index in [2.05, 4.69) is 36.3 Å². The predicted molar refractivity (Wildman–Crippen MR) is 77.9 cm³/mol. The van der Waals surface area contributed by atoms with Crippen molar-refractivity contribution in [3.8, 4) is 0 Å². The van der Waals surface area contributed by atoms with E-state index in [1.165, 1.54) is 58.4 Å². The molecule has 0 aromatic heterocycles. The Hall–Kier alpha value is -0.120. The summed E-state index contributed by atoms with van der Waals surface area (Å²) in [4.78, 5) is 4.94. The minimum absolute atomic E-state index is 0.907. The maximum absolute atomic E-state index is 3.51. The molecule has 2 heterocycles. The van der Waals surface area contributed by atoms with Crippen LogP contribution in [-0.2, 0) is 0 Å². The van der Waals surface area contributed by atoms with Gasteiger partial charge >= 0.3 is 0 Å². The summed E-state index contributed by atoms with van der Waals surface area (Å²) in [7, 11) is 6.77. The van der Waals surface area contributed by atoms with E-state index >= 15 is 0 Å². The van der Waals surface area contributed by atoms with Crippen LogP contribution in [0.4, 0.5) is 0 Å². The van der Waals surface area contributed by atoms with Crippen LogP contribution in [0.25, 0.3) is 0 Å². The minimum atomic E-state index is 0.907. The fourth-order valence-corrected chi connectivity index (χ4v) is 3.93. The van der Waals surface area contributed by atoms with Crippen LogP contribution < -0.4 is 5.32 Å². The average Bonchev–Trinajstić information content (AvgIpc) is 2.37. The molecule has 2 saturated heterocycles. The molecule has 3 nitrogen and oxygen atoms in total. The Balaban J connectivity index is 1.98. The molecule has 106 valence electrons. The van der Waals surface area contributed by atoms with Gasteiger partial charge in [-0.15, -0.1) is 0 Å². The van der Waals surface area contributed by atoms with Gasteiger partial charge in [0, 0.05) is 13.1 Å². The lowest BCUT2D eigenvalue weighted by Crippen LogP contribution is -2.44. The first-order chi connectivity index (χ1) is 8.66. The van der Waals surface area contributed by atoms with Crippen molar-refractivity contribution in [3.05, 3.63) is 0 Å². The summed E-state index contributed by atoms with van der Waals surface area (Å²) in [5, 5.41) is 3.51. The van der Waals surface area contributed by atoms with E-state index in [0.29, 0.717) is 0 Å². The third-order valence-corrected chi connectivity index (χ3v) is 4.83. The highest BCUT2D eigenvalue weighted by Gasteiger charge is 2.32. The van der Waals surface area contributed by atoms with Crippen molar-refractivity contribution in [2.24, 2.45) is 17.8 Å². The zero-order chi connectivity index (χ0) is 13.0. The third kappa shape index (κ3) is 3.94. The molecule has 0 radical (unpaired) electrons. The van der Waals surface area contributed by atoms with Crippen molar-refractivity contribution in [2.45, 2.75) is 25.7 Å². The van der Waals surface area contributed by atoms with Gasteiger partial charge in [0.1, 0.15) is 0 Å². The Morgan fingerprint density at radius 1 is 1.17 bits per heavy atom. The molecule has 2 rings (SSSR count). The van der Waals surface area contributed by atoms with Crippen molar-refractivity contribution >= 4 is 0 Å². The highest BCUT2D eigenvalue weighted by molar-refractivity contribution is 4.85. The molecule has 2 atom stereocenters. The van der Waals surface area contributed by atoms with E-state index in [4.69, 9.17) is 0 Å². The molecule has 2 fully saturated rings. The largest absolute Gasteiger partial charge is 0.317 e. The molecule has 2 aliphatic rings. The molecule has 0 aromatic carbocycles. The Bertz CT molecular complexity index is 236. The van der Waals surface area contributed by atoms with Crippen LogP contribution in [0.2, 0.25) is 0 Å². The average molecular weight is 253 g/mol. The van der Waals surface area contributed by atoms with E-state index in [0.717, 1.165) is 17.8 Å². The van der Waals surface area contributed by atoms with Crippen LogP contribution >= 0.6 is 0 Å². The van der Waals surface area contributed by atoms with Gasteiger partial charge in [-0.2, -0.15) is 0 Å². The maximum Gasteiger partial charge on any atom is 0.000984 e. The minimum Gasteiger partial charge on any atom is -0.317 e. The fraction of sp³-hybridized carbons (Fsp3) is 1.00. The second-order valence-corrected chi connectivity index (χ2v) is 6.68. The van der Waals surface area contributed by atoms with Crippen molar-refractivity contribution < 1.29 is 0 Å². The molecule has 2 unspecified atom stereocenters. The summed E-state index contributed by atoms with van der Waals surface area (Å²) in [6, 6.07) is 0. The lowest BCUT2D eigenvalue weighted by molar-refractivity contribution is 0.0864. The zero-order valence-corrected chi connectivity index (χ0v) is 12.5. The van der Waals surface area contributed by atoms with E-state index in [1.54, 1.807) is 0 Å². The van der Waals surface area contributed by atoms with Crippen molar-refractivity contribution in [1.82, 2.24) is 15.1 Å². The molecule has 0 aliphatic carbocycles. The van der Waals surface area contributed by atoms with Crippen LogP contribution in [0.3, 0.4) is 0 Å². The van der Waals surface area contributed by atoms with Gasteiger partial charge in [-0.25, -0.2) is 0 Å². The number of hydrogen-bond donors (Lipinski definition) is 1. The first-order valence-corrected chi connectivity index (χ1v) is 7.71. The summed E-state index contributed by atoms with van der Waals surface area (Å²) in [6.45, 7) is 6.37. The molecule has 3 heteroatoms. The third-order valence-electron chi connectivity index (χ3n) is 4.83. The van der Waals surface area contributed by atoms with Crippen molar-refractivity contribution in [1.29, 1.82) is 0 Å². The quantitative estimate of drug-likeness (QED) is 0.819. The van der Waals surface area contributed by atoms with Crippen LogP contribution in [0.1, 0.15) is 25.7 Å². The summed E-state index contributed by atoms with van der Waals surface area (Å²) >= 11 is 0. The van der Waals surface area contributed by atoms with E-state index in [1.807, 2.05) is 0 Å². The zero-order valence-electron chi connectivity index (χ0n) is 12.5. The highest BCUT2D eigenvalue weighted by Crippen LogP contribution is 2.33. The lowest BCUT2D eigenvalue weighted by Gasteiger charge is -2.41. The van der Waals surface area contributed by atoms with Gasteiger partial charge in [-0.1, -0.05) is 0 Å². The smallest absolute Gasteiger partial charge is 0.000984 e. The van der Waals surface area contributed by atoms with Gasteiger partial charge < -0.3 is 15.1 Å². The number of nitrogens with one attached hydrogen (secondary N) is 1. The second kappa shape index (κ2) is 6.88. The van der Waals surface area contributed by atoms with Crippen LogP contribution in [-0.4, -0.2) is 63.7 Å². The Morgan fingerprint density at radius 2 is 1.89 bits per heavy atom. The molecule has 0 amide bonds. The summed E-state index contributed by atoms with van der Waals surface area (Å²) < 4.78 is 0. The van der Waals surface area contributed by atoms with E-state index in [-0.39, 0.29) is 0 Å². The lowest BCUT2D eigenvalue weighted by atomic mass is 9.74. The van der Waals surface area contributed by atoms with Gasteiger partial charge in [0.25, 0.3) is 0 Å². The Morgan fingerprint density at radius 3 is 2.50 bits per heavy atom. The van der Waals surface area contributed by atoms with Gasteiger partial charge in [0.05, 0.1) is 0 Å². The Kier molecular flexibility index (Phi) is 5.46. The van der Waals surface area contributed by atoms with E-state index < -0.39 is 0 Å².